The van der Waals surface area contributed by atoms with Crippen LogP contribution in [0.4, 0.5) is 4.39 Å². The molecule has 2 rings (SSSR count). The molecule has 0 heterocycles. The Bertz CT molecular complexity index is 577. The van der Waals surface area contributed by atoms with Crippen LogP contribution in [0.1, 0.15) is 17.2 Å². The van der Waals surface area contributed by atoms with E-state index < -0.39 is 0 Å². The van der Waals surface area contributed by atoms with Crippen LogP contribution in [0.25, 0.3) is 0 Å². The maximum absolute atomic E-state index is 13.1. The molecule has 5 heteroatoms. The average molecular weight is 435 g/mol. The molecule has 1 atom stereocenters. The van der Waals surface area contributed by atoms with Gasteiger partial charge in [0.05, 0.1) is 6.04 Å². The molecule has 0 radical (unpaired) electrons. The summed E-state index contributed by atoms with van der Waals surface area (Å²) in [4.78, 5) is 0. The van der Waals surface area contributed by atoms with Crippen molar-refractivity contribution in [2.45, 2.75) is 12.5 Å². The van der Waals surface area contributed by atoms with Crippen LogP contribution in [0.3, 0.4) is 0 Å². The second kappa shape index (κ2) is 6.78. The lowest BCUT2D eigenvalue weighted by molar-refractivity contribution is 0.546. The second-order valence-electron chi connectivity index (χ2n) is 4.22. The summed E-state index contributed by atoms with van der Waals surface area (Å²) in [5.41, 5.74) is 4.97. The molecule has 2 nitrogen and oxygen atoms in total. The van der Waals surface area contributed by atoms with Crippen LogP contribution >= 0.6 is 38.5 Å². The maximum atomic E-state index is 13.1. The Hall–Kier alpha value is -0.500. The Labute approximate surface area is 133 Å². The topological polar surface area (TPSA) is 38.0 Å². The molecule has 0 aliphatic heterocycles. The molecule has 0 amide bonds. The Kier molecular flexibility index (Phi) is 5.32. The van der Waals surface area contributed by atoms with E-state index in [1.54, 1.807) is 6.07 Å². The quantitative estimate of drug-likeness (QED) is 0.434. The fraction of sp³-hybridized carbons (Fsp3) is 0.143. The third kappa shape index (κ3) is 3.98. The molecule has 0 saturated heterocycles. The van der Waals surface area contributed by atoms with Gasteiger partial charge in [-0.25, -0.2) is 4.39 Å². The first-order valence-corrected chi connectivity index (χ1v) is 7.63. The van der Waals surface area contributed by atoms with Crippen molar-refractivity contribution in [3.8, 4) is 0 Å². The van der Waals surface area contributed by atoms with Gasteiger partial charge in [-0.05, 0) is 64.4 Å². The van der Waals surface area contributed by atoms with Crippen molar-refractivity contribution in [3.63, 3.8) is 0 Å². The number of hydrogen-bond donors (Lipinski definition) is 2. The molecule has 0 spiro atoms. The number of halogens is 3. The first-order valence-electron chi connectivity index (χ1n) is 5.75. The smallest absolute Gasteiger partial charge is 0.124 e. The monoisotopic (exact) mass is 434 g/mol. The van der Waals surface area contributed by atoms with Crippen molar-refractivity contribution in [3.05, 3.63) is 67.5 Å². The zero-order valence-corrected chi connectivity index (χ0v) is 13.8. The van der Waals surface area contributed by atoms with Gasteiger partial charge in [0, 0.05) is 8.04 Å². The number of nitrogens with one attached hydrogen (secondary N) is 1. The Morgan fingerprint density at radius 3 is 2.68 bits per heavy atom. The predicted octanol–water partition coefficient (Wildman–Crippen LogP) is 3.94. The van der Waals surface area contributed by atoms with Crippen molar-refractivity contribution < 1.29 is 4.39 Å². The Morgan fingerprint density at radius 1 is 1.26 bits per heavy atom. The van der Waals surface area contributed by atoms with Crippen LogP contribution in [0.2, 0.25) is 0 Å². The van der Waals surface area contributed by atoms with E-state index in [1.165, 1.54) is 12.1 Å². The number of rotatable bonds is 4. The lowest BCUT2D eigenvalue weighted by atomic mass is 9.99. The number of nitrogens with two attached hydrogens (primary N) is 1. The zero-order valence-electron chi connectivity index (χ0n) is 10.0. The fourth-order valence-electron chi connectivity index (χ4n) is 1.94. The lowest BCUT2D eigenvalue weighted by Gasteiger charge is -2.18. The molecule has 0 bridgehead atoms. The molecule has 0 saturated carbocycles. The van der Waals surface area contributed by atoms with Crippen LogP contribution < -0.4 is 11.3 Å². The van der Waals surface area contributed by atoms with E-state index in [0.29, 0.717) is 0 Å². The SMILES string of the molecule is NNC(Cc1cccc(Br)c1)c1ccc(F)cc1I. The van der Waals surface area contributed by atoms with Gasteiger partial charge in [0.1, 0.15) is 5.82 Å². The third-order valence-corrected chi connectivity index (χ3v) is 4.30. The van der Waals surface area contributed by atoms with Gasteiger partial charge in [0.2, 0.25) is 0 Å². The summed E-state index contributed by atoms with van der Waals surface area (Å²) >= 11 is 5.58. The van der Waals surface area contributed by atoms with Crippen LogP contribution in [0, 0.1) is 9.39 Å². The molecule has 0 fully saturated rings. The minimum atomic E-state index is -0.230. The van der Waals surface area contributed by atoms with Gasteiger partial charge >= 0.3 is 0 Å². The fourth-order valence-corrected chi connectivity index (χ4v) is 3.24. The van der Waals surface area contributed by atoms with Crippen molar-refractivity contribution in [2.75, 3.05) is 0 Å². The largest absolute Gasteiger partial charge is 0.271 e. The zero-order chi connectivity index (χ0) is 13.8. The highest BCUT2D eigenvalue weighted by Crippen LogP contribution is 2.24. The number of benzene rings is 2. The van der Waals surface area contributed by atoms with E-state index in [-0.39, 0.29) is 11.9 Å². The minimum Gasteiger partial charge on any atom is -0.271 e. The van der Waals surface area contributed by atoms with E-state index in [1.807, 2.05) is 18.2 Å². The highest BCUT2D eigenvalue weighted by atomic mass is 127. The molecule has 0 aromatic heterocycles. The lowest BCUT2D eigenvalue weighted by Crippen LogP contribution is -2.30. The molecule has 0 aliphatic carbocycles. The van der Waals surface area contributed by atoms with Crippen LogP contribution in [-0.2, 0) is 6.42 Å². The van der Waals surface area contributed by atoms with E-state index in [0.717, 1.165) is 25.6 Å². The summed E-state index contributed by atoms with van der Waals surface area (Å²) in [6, 6.07) is 12.8. The van der Waals surface area contributed by atoms with Crippen LogP contribution in [0.15, 0.2) is 46.9 Å². The van der Waals surface area contributed by atoms with E-state index in [9.17, 15) is 4.39 Å². The van der Waals surface area contributed by atoms with Crippen LogP contribution in [-0.4, -0.2) is 0 Å². The summed E-state index contributed by atoms with van der Waals surface area (Å²) in [5.74, 6) is 5.41. The van der Waals surface area contributed by atoms with Crippen molar-refractivity contribution >= 4 is 38.5 Å². The normalized spacial score (nSPS) is 12.4. The minimum absolute atomic E-state index is 0.0400. The first-order chi connectivity index (χ1) is 9.10. The standard InChI is InChI=1S/C14H13BrFIN2/c15-10-3-1-2-9(6-10)7-14(19-18)12-5-4-11(16)8-13(12)17/h1-6,8,14,19H,7,18H2. The van der Waals surface area contributed by atoms with Crippen LogP contribution in [0.5, 0.6) is 0 Å². The van der Waals surface area contributed by atoms with E-state index in [2.05, 4.69) is 50.0 Å². The van der Waals surface area contributed by atoms with Gasteiger partial charge in [0.15, 0.2) is 0 Å². The Morgan fingerprint density at radius 2 is 2.05 bits per heavy atom. The second-order valence-corrected chi connectivity index (χ2v) is 6.30. The summed E-state index contributed by atoms with van der Waals surface area (Å²) in [6.45, 7) is 0. The maximum Gasteiger partial charge on any atom is 0.124 e. The van der Waals surface area contributed by atoms with E-state index >= 15 is 0 Å². The summed E-state index contributed by atoms with van der Waals surface area (Å²) < 4.78 is 15.0. The average Bonchev–Trinajstić information content (AvgIpc) is 2.37. The molecule has 1 unspecified atom stereocenters. The van der Waals surface area contributed by atoms with Gasteiger partial charge in [-0.15, -0.1) is 0 Å². The summed E-state index contributed by atoms with van der Waals surface area (Å²) in [6.07, 6.45) is 0.748. The van der Waals surface area contributed by atoms with Gasteiger partial charge < -0.3 is 0 Å². The predicted molar refractivity (Wildman–Crippen MR) is 87.0 cm³/mol. The highest BCUT2D eigenvalue weighted by Gasteiger charge is 2.14. The van der Waals surface area contributed by atoms with Crippen molar-refractivity contribution in [1.82, 2.24) is 5.43 Å². The summed E-state index contributed by atoms with van der Waals surface area (Å²) in [5, 5.41) is 0. The highest BCUT2D eigenvalue weighted by molar-refractivity contribution is 14.1. The molecule has 2 aromatic rings. The molecule has 0 aliphatic rings. The molecule has 100 valence electrons. The van der Waals surface area contributed by atoms with Gasteiger partial charge in [-0.3, -0.25) is 11.3 Å². The number of hydrazine groups is 1. The van der Waals surface area contributed by atoms with Gasteiger partial charge in [-0.1, -0.05) is 34.1 Å². The first kappa shape index (κ1) is 14.9. The van der Waals surface area contributed by atoms with Gasteiger partial charge in [0.25, 0.3) is 0 Å². The Balaban J connectivity index is 2.25. The van der Waals surface area contributed by atoms with Gasteiger partial charge in [-0.2, -0.15) is 0 Å². The number of hydrogen-bond acceptors (Lipinski definition) is 2. The van der Waals surface area contributed by atoms with E-state index in [4.69, 9.17) is 5.84 Å². The molecular weight excluding hydrogens is 422 g/mol. The molecule has 19 heavy (non-hydrogen) atoms. The third-order valence-electron chi connectivity index (χ3n) is 2.87. The van der Waals surface area contributed by atoms with Crippen molar-refractivity contribution in [1.29, 1.82) is 0 Å². The molecule has 2 aromatic carbocycles. The van der Waals surface area contributed by atoms with Crippen molar-refractivity contribution in [2.24, 2.45) is 5.84 Å². The molecule has 3 N–H and O–H groups in total. The summed E-state index contributed by atoms with van der Waals surface area (Å²) in [7, 11) is 0. The molecular formula is C14H13BrFIN2.